The summed E-state index contributed by atoms with van der Waals surface area (Å²) in [6, 6.07) is 0. The van der Waals surface area contributed by atoms with E-state index in [4.69, 9.17) is 18.8 Å². The van der Waals surface area contributed by atoms with Crippen LogP contribution in [-0.4, -0.2) is 47.1 Å². The van der Waals surface area contributed by atoms with Gasteiger partial charge in [0.05, 0.1) is 29.5 Å². The highest BCUT2D eigenvalue weighted by atomic mass is 16.7. The second kappa shape index (κ2) is 6.88. The Morgan fingerprint density at radius 3 is 2.18 bits per heavy atom. The van der Waals surface area contributed by atoms with E-state index < -0.39 is 30.0 Å². The molecule has 3 rings (SSSR count). The van der Waals surface area contributed by atoms with Crippen LogP contribution in [0, 0.1) is 0 Å². The molecule has 2 aliphatic rings. The second-order valence-electron chi connectivity index (χ2n) is 9.34. The lowest BCUT2D eigenvalue weighted by Gasteiger charge is -2.32. The molecule has 1 N–H and O–H groups in total. The van der Waals surface area contributed by atoms with Crippen LogP contribution < -0.4 is 15.5 Å². The Hall–Kier alpha value is -1.87. The van der Waals surface area contributed by atoms with E-state index >= 15 is 0 Å². The number of methoxy groups -OCH3 is 1. The third-order valence-corrected chi connectivity index (χ3v) is 5.20. The van der Waals surface area contributed by atoms with Gasteiger partial charge in [0.25, 0.3) is 0 Å². The summed E-state index contributed by atoms with van der Waals surface area (Å²) in [7, 11) is 0.900. The molecule has 0 spiro atoms. The largest absolute Gasteiger partial charge is 0.502 e. The van der Waals surface area contributed by atoms with Crippen LogP contribution in [0.1, 0.15) is 72.9 Å². The van der Waals surface area contributed by atoms with E-state index in [1.54, 1.807) is 20.8 Å². The van der Waals surface area contributed by atoms with Crippen molar-refractivity contribution in [1.29, 1.82) is 0 Å². The number of anilines is 1. The molecule has 0 bridgehead atoms. The molecule has 1 amide bonds. The molecule has 9 heteroatoms. The van der Waals surface area contributed by atoms with Gasteiger partial charge in [0, 0.05) is 5.92 Å². The molecule has 2 heterocycles. The highest BCUT2D eigenvalue weighted by Crippen LogP contribution is 2.42. The minimum atomic E-state index is -0.633. The zero-order valence-corrected chi connectivity index (χ0v) is 18.0. The fraction of sp³-hybridized carbons (Fsp3) is 0.737. The molecule has 1 aliphatic carbocycles. The first kappa shape index (κ1) is 20.9. The van der Waals surface area contributed by atoms with Crippen molar-refractivity contribution in [3.8, 4) is 5.88 Å². The van der Waals surface area contributed by atoms with Gasteiger partial charge in [0.1, 0.15) is 5.60 Å². The van der Waals surface area contributed by atoms with Gasteiger partial charge < -0.3 is 18.8 Å². The molecule has 1 saturated heterocycles. The molecule has 28 heavy (non-hydrogen) atoms. The van der Waals surface area contributed by atoms with Crippen LogP contribution in [0.25, 0.3) is 0 Å². The van der Waals surface area contributed by atoms with Crippen molar-refractivity contribution < 1.29 is 23.6 Å². The van der Waals surface area contributed by atoms with Crippen LogP contribution in [0.5, 0.6) is 5.88 Å². The molecule has 1 saturated carbocycles. The summed E-state index contributed by atoms with van der Waals surface area (Å²) in [6.07, 6.45) is 1.41. The number of hydrogen-bond donors (Lipinski definition) is 1. The van der Waals surface area contributed by atoms with Gasteiger partial charge in [0.15, 0.2) is 0 Å². The number of carbonyl (C=O) groups excluding carboxylic acids is 1. The fourth-order valence-corrected chi connectivity index (χ4v) is 2.92. The minimum absolute atomic E-state index is 0.147. The van der Waals surface area contributed by atoms with Crippen molar-refractivity contribution in [2.45, 2.75) is 84.0 Å². The smallest absolute Gasteiger partial charge is 0.481 e. The van der Waals surface area contributed by atoms with Crippen LogP contribution in [0.3, 0.4) is 0 Å². The first-order chi connectivity index (χ1) is 12.8. The number of nitrogens with zero attached hydrogens (tertiary/aromatic N) is 2. The summed E-state index contributed by atoms with van der Waals surface area (Å²) in [5, 5.41) is 2.60. The van der Waals surface area contributed by atoms with Gasteiger partial charge in [-0.3, -0.25) is 5.32 Å². The normalized spacial score (nSPS) is 20.8. The molecule has 0 aromatic carbocycles. The molecule has 1 aromatic heterocycles. The zero-order valence-electron chi connectivity index (χ0n) is 18.0. The Morgan fingerprint density at radius 2 is 1.71 bits per heavy atom. The van der Waals surface area contributed by atoms with Gasteiger partial charge >= 0.3 is 13.2 Å². The average Bonchev–Trinajstić information content (AvgIpc) is 3.32. The molecule has 0 unspecified atom stereocenters. The van der Waals surface area contributed by atoms with E-state index in [9.17, 15) is 4.79 Å². The third-order valence-electron chi connectivity index (χ3n) is 5.20. The molecule has 1 aliphatic heterocycles. The Labute approximate surface area is 166 Å². The SMILES string of the molecule is COc1nc(NC(=O)OC(C)(C)C)nc(C2CC2)c1B1OC(C)(C)C(C)(C)O1. The van der Waals surface area contributed by atoms with Crippen molar-refractivity contribution in [3.63, 3.8) is 0 Å². The fourth-order valence-electron chi connectivity index (χ4n) is 2.92. The quantitative estimate of drug-likeness (QED) is 0.789. The summed E-state index contributed by atoms with van der Waals surface area (Å²) in [5.74, 6) is 0.750. The molecule has 1 aromatic rings. The van der Waals surface area contributed by atoms with E-state index in [1.807, 2.05) is 27.7 Å². The second-order valence-corrected chi connectivity index (χ2v) is 9.34. The lowest BCUT2D eigenvalue weighted by Crippen LogP contribution is -2.41. The van der Waals surface area contributed by atoms with Crippen molar-refractivity contribution in [1.82, 2.24) is 9.97 Å². The number of amides is 1. The maximum Gasteiger partial charge on any atom is 0.502 e. The highest BCUT2D eigenvalue weighted by molar-refractivity contribution is 6.63. The summed E-state index contributed by atoms with van der Waals surface area (Å²) in [6.45, 7) is 13.4. The van der Waals surface area contributed by atoms with Crippen LogP contribution in [0.15, 0.2) is 0 Å². The molecule has 154 valence electrons. The van der Waals surface area contributed by atoms with Crippen molar-refractivity contribution in [2.24, 2.45) is 0 Å². The summed E-state index contributed by atoms with van der Waals surface area (Å²) >= 11 is 0. The van der Waals surface area contributed by atoms with Crippen molar-refractivity contribution in [3.05, 3.63) is 5.69 Å². The molecular formula is C19H30BN3O5. The van der Waals surface area contributed by atoms with E-state index in [2.05, 4.69) is 15.3 Å². The van der Waals surface area contributed by atoms with Crippen LogP contribution >= 0.6 is 0 Å². The van der Waals surface area contributed by atoms with Crippen LogP contribution in [-0.2, 0) is 14.0 Å². The monoisotopic (exact) mass is 391 g/mol. The van der Waals surface area contributed by atoms with Gasteiger partial charge in [-0.1, -0.05) is 0 Å². The Balaban J connectivity index is 1.95. The van der Waals surface area contributed by atoms with Gasteiger partial charge in [-0.15, -0.1) is 0 Å². The Morgan fingerprint density at radius 1 is 1.14 bits per heavy atom. The number of nitrogens with one attached hydrogen (secondary N) is 1. The van der Waals surface area contributed by atoms with Gasteiger partial charge in [-0.2, -0.15) is 4.98 Å². The average molecular weight is 391 g/mol. The zero-order chi connectivity index (χ0) is 20.9. The standard InChI is InChI=1S/C19H30BN3O5/c1-17(2,3)26-16(24)23-15-21-13(11-9-10-11)12(14(22-15)25-8)20-27-18(4,5)19(6,7)28-20/h11H,9-10H2,1-8H3,(H,21,22,23,24). The topological polar surface area (TPSA) is 91.8 Å². The molecular weight excluding hydrogens is 361 g/mol. The predicted molar refractivity (Wildman–Crippen MR) is 106 cm³/mol. The van der Waals surface area contributed by atoms with E-state index in [0.29, 0.717) is 11.3 Å². The first-order valence-corrected chi connectivity index (χ1v) is 9.64. The maximum absolute atomic E-state index is 12.1. The molecule has 8 nitrogen and oxygen atoms in total. The number of ether oxygens (including phenoxy) is 2. The van der Waals surface area contributed by atoms with E-state index in [1.165, 1.54) is 7.11 Å². The number of rotatable bonds is 4. The summed E-state index contributed by atoms with van der Waals surface area (Å²) in [5.41, 5.74) is -0.112. The lowest BCUT2D eigenvalue weighted by molar-refractivity contribution is 0.00578. The first-order valence-electron chi connectivity index (χ1n) is 9.64. The van der Waals surface area contributed by atoms with Crippen LogP contribution in [0.4, 0.5) is 10.7 Å². The van der Waals surface area contributed by atoms with E-state index in [0.717, 1.165) is 18.5 Å². The van der Waals surface area contributed by atoms with Gasteiger partial charge in [-0.25, -0.2) is 9.78 Å². The molecule has 2 fully saturated rings. The number of hydrogen-bond acceptors (Lipinski definition) is 7. The molecule has 0 atom stereocenters. The van der Waals surface area contributed by atoms with Crippen molar-refractivity contribution in [2.75, 3.05) is 12.4 Å². The Kier molecular flexibility index (Phi) is 5.12. The van der Waals surface area contributed by atoms with Gasteiger partial charge in [-0.05, 0) is 61.3 Å². The third kappa shape index (κ3) is 4.25. The highest BCUT2D eigenvalue weighted by Gasteiger charge is 2.54. The summed E-state index contributed by atoms with van der Waals surface area (Å²) < 4.78 is 23.2. The van der Waals surface area contributed by atoms with Crippen molar-refractivity contribution >= 4 is 24.6 Å². The number of carbonyl (C=O) groups is 1. The minimum Gasteiger partial charge on any atom is -0.481 e. The van der Waals surface area contributed by atoms with E-state index in [-0.39, 0.29) is 11.9 Å². The lowest BCUT2D eigenvalue weighted by atomic mass is 9.77. The Bertz CT molecular complexity index is 756. The van der Waals surface area contributed by atoms with Gasteiger partial charge in [0.2, 0.25) is 11.8 Å². The molecule has 0 radical (unpaired) electrons. The van der Waals surface area contributed by atoms with Crippen LogP contribution in [0.2, 0.25) is 0 Å². The maximum atomic E-state index is 12.1. The number of aromatic nitrogens is 2. The predicted octanol–water partition coefficient (Wildman–Crippen LogP) is 3.01. The summed E-state index contributed by atoms with van der Waals surface area (Å²) in [4.78, 5) is 21.1.